The fourth-order valence-corrected chi connectivity index (χ4v) is 3.34. The molecular weight excluding hydrogens is 298 g/mol. The molecule has 0 aromatic heterocycles. The molecule has 2 aromatic carbocycles. The van der Waals surface area contributed by atoms with Gasteiger partial charge in [-0.2, -0.15) is 0 Å². The molecule has 2 aromatic rings. The summed E-state index contributed by atoms with van der Waals surface area (Å²) in [6.45, 7) is 3.84. The summed E-state index contributed by atoms with van der Waals surface area (Å²) in [6.07, 6.45) is 3.29. The maximum absolute atomic E-state index is 13.0. The smallest absolute Gasteiger partial charge is 0.328 e. The first-order valence-corrected chi connectivity index (χ1v) is 8.80. The number of nitrogens with zero attached hydrogens (tertiary/aromatic N) is 1. The third-order valence-electron chi connectivity index (χ3n) is 4.66. The summed E-state index contributed by atoms with van der Waals surface area (Å²) in [5, 5.41) is 0. The second-order valence-electron chi connectivity index (χ2n) is 6.40. The van der Waals surface area contributed by atoms with Crippen molar-refractivity contribution in [2.75, 3.05) is 13.1 Å². The highest BCUT2D eigenvalue weighted by Gasteiger charge is 2.31. The summed E-state index contributed by atoms with van der Waals surface area (Å²) in [5.74, 6) is -0.153. The van der Waals surface area contributed by atoms with Crippen LogP contribution in [-0.4, -0.2) is 24.0 Å². The Morgan fingerprint density at radius 1 is 0.875 bits per heavy atom. The summed E-state index contributed by atoms with van der Waals surface area (Å²) in [7, 11) is 0. The molecule has 3 rings (SSSR count). The molecule has 0 amide bonds. The Bertz CT molecular complexity index is 635. The van der Waals surface area contributed by atoms with Crippen LogP contribution in [0, 0.1) is 0 Å². The van der Waals surface area contributed by atoms with E-state index in [4.69, 9.17) is 4.74 Å². The van der Waals surface area contributed by atoms with Gasteiger partial charge >= 0.3 is 5.97 Å². The molecule has 3 heteroatoms. The van der Waals surface area contributed by atoms with E-state index in [-0.39, 0.29) is 18.1 Å². The van der Waals surface area contributed by atoms with Crippen LogP contribution in [0.3, 0.4) is 0 Å². The maximum atomic E-state index is 13.0. The lowest BCUT2D eigenvalue weighted by atomic mass is 10.0. The van der Waals surface area contributed by atoms with Gasteiger partial charge in [-0.3, -0.25) is 4.90 Å². The van der Waals surface area contributed by atoms with E-state index < -0.39 is 0 Å². The minimum Gasteiger partial charge on any atom is -0.456 e. The third-order valence-corrected chi connectivity index (χ3v) is 4.66. The zero-order valence-electron chi connectivity index (χ0n) is 14.2. The minimum absolute atomic E-state index is 0.153. The number of esters is 1. The Morgan fingerprint density at radius 2 is 1.42 bits per heavy atom. The van der Waals surface area contributed by atoms with Crippen LogP contribution in [0.4, 0.5) is 0 Å². The molecule has 1 fully saturated rings. The second-order valence-corrected chi connectivity index (χ2v) is 6.40. The highest BCUT2D eigenvalue weighted by atomic mass is 16.5. The van der Waals surface area contributed by atoms with Crippen molar-refractivity contribution in [2.24, 2.45) is 0 Å². The number of carbonyl (C=O) groups excluding carboxylic acids is 1. The maximum Gasteiger partial charge on any atom is 0.328 e. The number of benzene rings is 2. The molecule has 3 nitrogen and oxygen atoms in total. The molecule has 126 valence electrons. The van der Waals surface area contributed by atoms with Crippen molar-refractivity contribution in [3.8, 4) is 0 Å². The molecule has 2 atom stereocenters. The Balaban J connectivity index is 1.78. The zero-order valence-corrected chi connectivity index (χ0v) is 14.2. The first-order chi connectivity index (χ1) is 11.8. The van der Waals surface area contributed by atoms with E-state index in [1.807, 2.05) is 67.6 Å². The highest BCUT2D eigenvalue weighted by molar-refractivity contribution is 5.78. The van der Waals surface area contributed by atoms with E-state index in [1.165, 1.54) is 6.42 Å². The van der Waals surface area contributed by atoms with E-state index in [0.717, 1.165) is 37.1 Å². The number of hydrogen-bond donors (Lipinski definition) is 0. The van der Waals surface area contributed by atoms with Gasteiger partial charge in [0.05, 0.1) is 0 Å². The molecule has 0 spiro atoms. The van der Waals surface area contributed by atoms with E-state index in [9.17, 15) is 4.79 Å². The lowest BCUT2D eigenvalue weighted by molar-refractivity contribution is -0.156. The molecule has 1 aliphatic rings. The van der Waals surface area contributed by atoms with Crippen LogP contribution in [-0.2, 0) is 9.53 Å². The Labute approximate surface area is 144 Å². The van der Waals surface area contributed by atoms with Crippen LogP contribution >= 0.6 is 0 Å². The molecule has 1 aliphatic heterocycles. The number of piperidine rings is 1. The van der Waals surface area contributed by atoms with Crippen LogP contribution in [0.2, 0.25) is 0 Å². The average Bonchev–Trinajstić information content (AvgIpc) is 2.64. The predicted molar refractivity (Wildman–Crippen MR) is 95.6 cm³/mol. The van der Waals surface area contributed by atoms with Gasteiger partial charge in [-0.25, -0.2) is 4.79 Å². The molecule has 0 bridgehead atoms. The largest absolute Gasteiger partial charge is 0.456 e. The summed E-state index contributed by atoms with van der Waals surface area (Å²) in [4.78, 5) is 15.2. The van der Waals surface area contributed by atoms with E-state index in [2.05, 4.69) is 4.90 Å². The highest BCUT2D eigenvalue weighted by Crippen LogP contribution is 2.28. The Hall–Kier alpha value is -2.13. The zero-order chi connectivity index (χ0) is 16.8. The van der Waals surface area contributed by atoms with Gasteiger partial charge in [0, 0.05) is 0 Å². The van der Waals surface area contributed by atoms with Crippen molar-refractivity contribution >= 4 is 5.97 Å². The number of likely N-dealkylation sites (tertiary alicyclic amines) is 1. The Kier molecular flexibility index (Phi) is 5.65. The first-order valence-electron chi connectivity index (χ1n) is 8.80. The van der Waals surface area contributed by atoms with Crippen LogP contribution in [0.15, 0.2) is 60.7 Å². The summed E-state index contributed by atoms with van der Waals surface area (Å²) in [6, 6.07) is 19.6. The summed E-state index contributed by atoms with van der Waals surface area (Å²) in [5.41, 5.74) is 2.04. The first kappa shape index (κ1) is 16.7. The van der Waals surface area contributed by atoms with Crippen molar-refractivity contribution in [3.05, 3.63) is 71.8 Å². The topological polar surface area (TPSA) is 29.5 Å². The van der Waals surface area contributed by atoms with Crippen LogP contribution < -0.4 is 0 Å². The van der Waals surface area contributed by atoms with Crippen LogP contribution in [0.5, 0.6) is 0 Å². The van der Waals surface area contributed by atoms with Gasteiger partial charge in [-0.05, 0) is 44.0 Å². The molecular formula is C21H25NO2. The number of ether oxygens (including phenoxy) is 1. The second kappa shape index (κ2) is 8.11. The third kappa shape index (κ3) is 4.04. The fraction of sp³-hybridized carbons (Fsp3) is 0.381. The molecule has 0 aliphatic carbocycles. The average molecular weight is 323 g/mol. The number of rotatable bonds is 5. The van der Waals surface area contributed by atoms with Gasteiger partial charge in [-0.1, -0.05) is 67.1 Å². The molecule has 24 heavy (non-hydrogen) atoms. The van der Waals surface area contributed by atoms with Crippen LogP contribution in [0.25, 0.3) is 0 Å². The van der Waals surface area contributed by atoms with Gasteiger partial charge in [0.1, 0.15) is 12.1 Å². The van der Waals surface area contributed by atoms with Crippen molar-refractivity contribution in [1.29, 1.82) is 0 Å². The quantitative estimate of drug-likeness (QED) is 0.758. The fourth-order valence-electron chi connectivity index (χ4n) is 3.34. The lowest BCUT2D eigenvalue weighted by Crippen LogP contribution is -2.39. The monoisotopic (exact) mass is 323 g/mol. The number of hydrogen-bond acceptors (Lipinski definition) is 3. The Morgan fingerprint density at radius 3 is 2.00 bits per heavy atom. The van der Waals surface area contributed by atoms with E-state index >= 15 is 0 Å². The standard InChI is InChI=1S/C21H25NO2/c1-17(18-11-5-2-6-12-18)24-21(23)20(19-13-7-3-8-14-19)22-15-9-4-10-16-22/h2-3,5-8,11-14,17,20H,4,9-10,15-16H2,1H3/t17-,20+/m0/s1. The summed E-state index contributed by atoms with van der Waals surface area (Å²) >= 11 is 0. The van der Waals surface area contributed by atoms with Crippen molar-refractivity contribution < 1.29 is 9.53 Å². The van der Waals surface area contributed by atoms with Gasteiger partial charge in [-0.15, -0.1) is 0 Å². The number of carbonyl (C=O) groups is 1. The molecule has 1 saturated heterocycles. The molecule has 0 saturated carbocycles. The molecule has 0 radical (unpaired) electrons. The van der Waals surface area contributed by atoms with Crippen molar-refractivity contribution in [3.63, 3.8) is 0 Å². The van der Waals surface area contributed by atoms with E-state index in [0.29, 0.717) is 0 Å². The van der Waals surface area contributed by atoms with Crippen LogP contribution in [0.1, 0.15) is 49.5 Å². The van der Waals surface area contributed by atoms with Gasteiger partial charge in [0.25, 0.3) is 0 Å². The predicted octanol–water partition coefficient (Wildman–Crippen LogP) is 4.52. The minimum atomic E-state index is -0.308. The normalized spacial score (nSPS) is 17.9. The van der Waals surface area contributed by atoms with Gasteiger partial charge in [0.15, 0.2) is 0 Å². The van der Waals surface area contributed by atoms with Crippen molar-refractivity contribution in [2.45, 2.75) is 38.3 Å². The summed E-state index contributed by atoms with van der Waals surface area (Å²) < 4.78 is 5.83. The van der Waals surface area contributed by atoms with Gasteiger partial charge < -0.3 is 4.74 Å². The van der Waals surface area contributed by atoms with Crippen molar-refractivity contribution in [1.82, 2.24) is 4.90 Å². The molecule has 0 unspecified atom stereocenters. The molecule has 1 heterocycles. The lowest BCUT2D eigenvalue weighted by Gasteiger charge is -2.34. The van der Waals surface area contributed by atoms with Gasteiger partial charge in [0.2, 0.25) is 0 Å². The van der Waals surface area contributed by atoms with E-state index in [1.54, 1.807) is 0 Å². The molecule has 0 N–H and O–H groups in total. The SMILES string of the molecule is C[C@H](OC(=O)[C@@H](c1ccccc1)N1CCCCC1)c1ccccc1.